The van der Waals surface area contributed by atoms with Crippen LogP contribution in [-0.4, -0.2) is 12.0 Å². The number of rotatable bonds is 10. The van der Waals surface area contributed by atoms with Crippen LogP contribution in [0.2, 0.25) is 0 Å². The van der Waals surface area contributed by atoms with Gasteiger partial charge in [-0.15, -0.1) is 0 Å². The molecule has 0 bridgehead atoms. The van der Waals surface area contributed by atoms with Crippen molar-refractivity contribution in [3.63, 3.8) is 0 Å². The summed E-state index contributed by atoms with van der Waals surface area (Å²) in [6, 6.07) is 12.9. The van der Waals surface area contributed by atoms with Crippen LogP contribution in [0.25, 0.3) is 0 Å². The Morgan fingerprint density at radius 2 is 1.48 bits per heavy atom. The van der Waals surface area contributed by atoms with Crippen molar-refractivity contribution in [3.8, 4) is 11.5 Å². The molecule has 0 aliphatic rings. The first kappa shape index (κ1) is 33.9. The van der Waals surface area contributed by atoms with Crippen LogP contribution in [0, 0.1) is 17.5 Å². The predicted octanol–water partition coefficient (Wildman–Crippen LogP) is 9.24. The summed E-state index contributed by atoms with van der Waals surface area (Å²) in [5.74, 6) is -5.93. The second kappa shape index (κ2) is 13.6. The maximum atomic E-state index is 15.1. The Bertz CT molecular complexity index is 1750. The highest BCUT2D eigenvalue weighted by molar-refractivity contribution is 5.95. The second-order valence-electron chi connectivity index (χ2n) is 10.3. The van der Waals surface area contributed by atoms with Gasteiger partial charge in [-0.2, -0.15) is 26.3 Å². The van der Waals surface area contributed by atoms with Gasteiger partial charge in [0.1, 0.15) is 17.4 Å². The number of nitrogens with one attached hydrogen (secondary N) is 1. The highest BCUT2D eigenvalue weighted by atomic mass is 19.4. The van der Waals surface area contributed by atoms with Crippen LogP contribution < -0.4 is 14.8 Å². The lowest BCUT2D eigenvalue weighted by Crippen LogP contribution is -2.48. The van der Waals surface area contributed by atoms with E-state index in [1.165, 1.54) is 6.07 Å². The molecule has 13 heteroatoms. The average molecular weight is 654 g/mol. The summed E-state index contributed by atoms with van der Waals surface area (Å²) in [6.45, 7) is 3.19. The lowest BCUT2D eigenvalue weighted by Gasteiger charge is -2.37. The minimum Gasteiger partial charge on any atom is -0.488 e. The molecule has 0 aliphatic heterocycles. The second-order valence-corrected chi connectivity index (χ2v) is 10.3. The third kappa shape index (κ3) is 7.82. The van der Waals surface area contributed by atoms with Gasteiger partial charge < -0.3 is 14.8 Å². The Hall–Kier alpha value is -4.94. The van der Waals surface area contributed by atoms with Gasteiger partial charge in [0.25, 0.3) is 5.91 Å². The first-order chi connectivity index (χ1) is 21.6. The normalized spacial score (nSPS) is 12.8. The first-order valence-electron chi connectivity index (χ1n) is 13.5. The fourth-order valence-corrected chi connectivity index (χ4v) is 4.73. The molecule has 0 saturated heterocycles. The van der Waals surface area contributed by atoms with Gasteiger partial charge in [0.15, 0.2) is 11.6 Å². The van der Waals surface area contributed by atoms with Gasteiger partial charge >= 0.3 is 18.3 Å². The number of benzene rings is 4. The number of carbonyl (C=O) groups is 1. The number of hydrogen-bond acceptors (Lipinski definition) is 3. The number of alkyl halides is 3. The van der Waals surface area contributed by atoms with E-state index in [2.05, 4.69) is 10.1 Å². The smallest absolute Gasteiger partial charge is 0.419 e. The zero-order chi connectivity index (χ0) is 33.8. The van der Waals surface area contributed by atoms with Gasteiger partial charge in [0.05, 0.1) is 17.2 Å². The minimum atomic E-state index is -5.17. The van der Waals surface area contributed by atoms with Gasteiger partial charge in [0.2, 0.25) is 0 Å². The van der Waals surface area contributed by atoms with Crippen molar-refractivity contribution in [2.75, 3.05) is 0 Å². The third-order valence-electron chi connectivity index (χ3n) is 6.68. The van der Waals surface area contributed by atoms with Gasteiger partial charge in [0, 0.05) is 18.1 Å². The number of hydrogen-bond donors (Lipinski definition) is 1. The van der Waals surface area contributed by atoms with Crippen LogP contribution in [0.4, 0.5) is 39.5 Å². The van der Waals surface area contributed by atoms with Crippen LogP contribution in [0.3, 0.4) is 0 Å². The Morgan fingerprint density at radius 1 is 0.804 bits per heavy atom. The molecule has 4 rings (SSSR count). The molecular formula is C33H24F9NO3. The summed E-state index contributed by atoms with van der Waals surface area (Å²) in [6.07, 6.45) is -8.87. The van der Waals surface area contributed by atoms with Crippen molar-refractivity contribution >= 4 is 5.91 Å². The summed E-state index contributed by atoms with van der Waals surface area (Å²) in [4.78, 5) is 13.8. The molecule has 1 N–H and O–H groups in total. The van der Waals surface area contributed by atoms with Crippen LogP contribution >= 0.6 is 0 Å². The molecule has 0 aromatic heterocycles. The molecule has 0 unspecified atom stereocenters. The summed E-state index contributed by atoms with van der Waals surface area (Å²) in [7, 11) is 0. The summed E-state index contributed by atoms with van der Waals surface area (Å²) in [5, 5.41) is 2.57. The van der Waals surface area contributed by atoms with E-state index in [1.807, 2.05) is 0 Å². The molecule has 1 atom stereocenters. The molecule has 46 heavy (non-hydrogen) atoms. The zero-order valence-corrected chi connectivity index (χ0v) is 24.0. The SMILES string of the molecule is CC(C)Oc1cc([C@@](Cc2ccccc2)(NC(=O)c2ccc(F)c(C(F)(F)F)c2)c2cc(F)cc(OC(F)=C(F)F)c2)ccc1F. The van der Waals surface area contributed by atoms with Crippen LogP contribution in [0.15, 0.2) is 97.0 Å². The summed E-state index contributed by atoms with van der Waals surface area (Å²) < 4.78 is 134. The number of carbonyl (C=O) groups excluding carboxylic acids is 1. The van der Waals surface area contributed by atoms with E-state index in [4.69, 9.17) is 4.74 Å². The standard InChI is InChI=1S/C33H24F9NO3/c1-18(2)45-28-15-21(9-11-27(28)36)32(17-19-6-4-3-5-7-19,22-13-23(34)16-24(14-22)46-30(39)29(37)38)43-31(44)20-8-10-26(35)25(12-20)33(40,41)42/h3-16,18H,17H2,1-2H3,(H,43,44)/t32-/m1/s1. The molecular weight excluding hydrogens is 629 g/mol. The lowest BCUT2D eigenvalue weighted by molar-refractivity contribution is -0.140. The van der Waals surface area contributed by atoms with E-state index >= 15 is 4.39 Å². The van der Waals surface area contributed by atoms with Gasteiger partial charge in [-0.1, -0.05) is 36.4 Å². The van der Waals surface area contributed by atoms with E-state index < -0.39 is 70.1 Å². The number of amides is 1. The molecule has 1 amide bonds. The van der Waals surface area contributed by atoms with E-state index in [1.54, 1.807) is 44.2 Å². The number of ether oxygens (including phenoxy) is 2. The average Bonchev–Trinajstić information content (AvgIpc) is 2.97. The largest absolute Gasteiger partial charge is 0.488 e. The Balaban J connectivity index is 2.02. The quantitative estimate of drug-likeness (QED) is 0.137. The molecule has 4 nitrogen and oxygen atoms in total. The molecule has 0 heterocycles. The molecule has 0 fully saturated rings. The van der Waals surface area contributed by atoms with Gasteiger partial charge in [-0.3, -0.25) is 4.79 Å². The summed E-state index contributed by atoms with van der Waals surface area (Å²) in [5.41, 5.74) is -4.28. The molecule has 0 saturated carbocycles. The lowest BCUT2D eigenvalue weighted by atomic mass is 9.77. The molecule has 4 aromatic rings. The van der Waals surface area contributed by atoms with Crippen LogP contribution in [0.1, 0.15) is 46.5 Å². The fourth-order valence-electron chi connectivity index (χ4n) is 4.73. The molecule has 0 radical (unpaired) electrons. The number of halogens is 9. The van der Waals surface area contributed by atoms with E-state index in [0.29, 0.717) is 17.7 Å². The summed E-state index contributed by atoms with van der Waals surface area (Å²) >= 11 is 0. The molecule has 0 spiro atoms. The van der Waals surface area contributed by atoms with Crippen molar-refractivity contribution in [2.24, 2.45) is 0 Å². The third-order valence-corrected chi connectivity index (χ3v) is 6.68. The van der Waals surface area contributed by atoms with Crippen molar-refractivity contribution in [1.82, 2.24) is 5.32 Å². The Labute approximate surface area is 257 Å². The highest BCUT2D eigenvalue weighted by Gasteiger charge is 2.40. The first-order valence-corrected chi connectivity index (χ1v) is 13.5. The van der Waals surface area contributed by atoms with E-state index in [9.17, 15) is 39.9 Å². The predicted molar refractivity (Wildman–Crippen MR) is 149 cm³/mol. The van der Waals surface area contributed by atoms with Crippen LogP contribution in [-0.2, 0) is 18.1 Å². The monoisotopic (exact) mass is 653 g/mol. The van der Waals surface area contributed by atoms with Gasteiger partial charge in [-0.05, 0) is 73.0 Å². The highest BCUT2D eigenvalue weighted by Crippen LogP contribution is 2.39. The molecule has 242 valence electrons. The molecule has 4 aromatic carbocycles. The van der Waals surface area contributed by atoms with Crippen molar-refractivity contribution in [1.29, 1.82) is 0 Å². The Morgan fingerprint density at radius 3 is 2.11 bits per heavy atom. The maximum Gasteiger partial charge on any atom is 0.419 e. The molecule has 0 aliphatic carbocycles. The van der Waals surface area contributed by atoms with Crippen molar-refractivity contribution in [2.45, 2.75) is 38.1 Å². The Kier molecular flexibility index (Phi) is 10.0. The fraction of sp³-hybridized carbons (Fsp3) is 0.182. The van der Waals surface area contributed by atoms with E-state index in [0.717, 1.165) is 30.3 Å². The topological polar surface area (TPSA) is 47.6 Å². The van der Waals surface area contributed by atoms with Crippen molar-refractivity contribution in [3.05, 3.63) is 142 Å². The van der Waals surface area contributed by atoms with Crippen LogP contribution in [0.5, 0.6) is 11.5 Å². The zero-order valence-electron chi connectivity index (χ0n) is 24.0. The van der Waals surface area contributed by atoms with Gasteiger partial charge in [-0.25, -0.2) is 13.2 Å². The maximum absolute atomic E-state index is 15.1. The van der Waals surface area contributed by atoms with E-state index in [-0.39, 0.29) is 29.4 Å². The van der Waals surface area contributed by atoms with Crippen molar-refractivity contribution < 1.29 is 53.8 Å². The minimum absolute atomic E-state index is 0.0101.